The Morgan fingerprint density at radius 2 is 2.00 bits per heavy atom. The molecule has 88 valence electrons. The number of aliphatic carboxylic acids is 1. The molecule has 0 aliphatic rings. The van der Waals surface area contributed by atoms with E-state index in [9.17, 15) is 4.79 Å². The topological polar surface area (TPSA) is 55.1 Å². The molecular formula is C13H13N2NaO2. The number of aromatic nitrogens is 2. The van der Waals surface area contributed by atoms with E-state index in [1.807, 2.05) is 30.3 Å². The van der Waals surface area contributed by atoms with Crippen LogP contribution in [0.15, 0.2) is 55.1 Å². The van der Waals surface area contributed by atoms with Crippen molar-refractivity contribution < 1.29 is 39.5 Å². The van der Waals surface area contributed by atoms with Gasteiger partial charge in [-0.1, -0.05) is 36.5 Å². The molecule has 0 aliphatic carbocycles. The molecule has 0 bridgehead atoms. The summed E-state index contributed by atoms with van der Waals surface area (Å²) < 4.78 is 1.64. The van der Waals surface area contributed by atoms with Gasteiger partial charge in [-0.15, -0.1) is 7.05 Å². The fourth-order valence-electron chi connectivity index (χ4n) is 1.02. The van der Waals surface area contributed by atoms with Crippen molar-refractivity contribution >= 4 is 12.0 Å². The molecule has 1 N–H and O–H groups in total. The molecule has 0 radical (unpaired) electrons. The fraction of sp³-hybridized carbons (Fsp3) is 0. The summed E-state index contributed by atoms with van der Waals surface area (Å²) >= 11 is 0. The Labute approximate surface area is 128 Å². The first-order valence-corrected chi connectivity index (χ1v) is 4.93. The molecule has 18 heavy (non-hydrogen) atoms. The average Bonchev–Trinajstić information content (AvgIpc) is 2.80. The molecule has 4 nitrogen and oxygen atoms in total. The van der Waals surface area contributed by atoms with E-state index in [1.165, 1.54) is 0 Å². The third-order valence-electron chi connectivity index (χ3n) is 1.78. The monoisotopic (exact) mass is 252 g/mol. The number of carboxylic acids is 1. The Morgan fingerprint density at radius 1 is 1.33 bits per heavy atom. The van der Waals surface area contributed by atoms with E-state index in [4.69, 9.17) is 5.11 Å². The Morgan fingerprint density at radius 3 is 2.39 bits per heavy atom. The molecular weight excluding hydrogens is 239 g/mol. The van der Waals surface area contributed by atoms with Gasteiger partial charge in [0, 0.05) is 6.08 Å². The Hall–Kier alpha value is -1.49. The van der Waals surface area contributed by atoms with Crippen molar-refractivity contribution in [3.8, 4) is 0 Å². The van der Waals surface area contributed by atoms with E-state index in [0.29, 0.717) is 0 Å². The van der Waals surface area contributed by atoms with E-state index in [0.717, 1.165) is 11.6 Å². The van der Waals surface area contributed by atoms with E-state index in [2.05, 4.69) is 12.0 Å². The van der Waals surface area contributed by atoms with Crippen LogP contribution in [0.25, 0.3) is 6.08 Å². The summed E-state index contributed by atoms with van der Waals surface area (Å²) in [4.78, 5) is 13.8. The summed E-state index contributed by atoms with van der Waals surface area (Å²) in [5.41, 5.74) is 0.898. The van der Waals surface area contributed by atoms with Gasteiger partial charge in [-0.05, 0) is 24.2 Å². The molecule has 1 aromatic heterocycles. The van der Waals surface area contributed by atoms with Crippen molar-refractivity contribution in [1.82, 2.24) is 9.55 Å². The first-order valence-electron chi connectivity index (χ1n) is 4.93. The standard InChI is InChI=1S/C9H8O2.C4H5N2.Na/c10-9(11)7-6-8-4-2-1-3-5-8;1-6-3-2-5-4-6;/h1-7H,(H,10,11);2-4H,1H2;/q;-1;+1/b7-6+;;. The molecule has 0 fully saturated rings. The summed E-state index contributed by atoms with van der Waals surface area (Å²) in [7, 11) is 3.53. The molecule has 1 aromatic carbocycles. The predicted octanol–water partition coefficient (Wildman–Crippen LogP) is -0.689. The van der Waals surface area contributed by atoms with Crippen LogP contribution in [0, 0.1) is 7.05 Å². The van der Waals surface area contributed by atoms with Gasteiger partial charge < -0.3 is 14.7 Å². The van der Waals surface area contributed by atoms with E-state index >= 15 is 0 Å². The maximum absolute atomic E-state index is 10.1. The molecule has 0 unspecified atom stereocenters. The van der Waals surface area contributed by atoms with E-state index in [-0.39, 0.29) is 29.6 Å². The van der Waals surface area contributed by atoms with Crippen LogP contribution in [0.2, 0.25) is 0 Å². The van der Waals surface area contributed by atoms with Crippen molar-refractivity contribution in [1.29, 1.82) is 0 Å². The minimum absolute atomic E-state index is 0. The number of hydrogen-bond donors (Lipinski definition) is 1. The van der Waals surface area contributed by atoms with Gasteiger partial charge in [-0.25, -0.2) is 4.79 Å². The smallest absolute Gasteiger partial charge is 0.478 e. The van der Waals surface area contributed by atoms with Crippen molar-refractivity contribution in [2.24, 2.45) is 0 Å². The van der Waals surface area contributed by atoms with Crippen LogP contribution in [0.4, 0.5) is 0 Å². The van der Waals surface area contributed by atoms with Crippen molar-refractivity contribution in [3.63, 3.8) is 0 Å². The van der Waals surface area contributed by atoms with Crippen molar-refractivity contribution in [3.05, 3.63) is 67.7 Å². The van der Waals surface area contributed by atoms with Crippen LogP contribution in [-0.2, 0) is 4.79 Å². The number of hydrogen-bond acceptors (Lipinski definition) is 2. The summed E-state index contributed by atoms with van der Waals surface area (Å²) in [5.74, 6) is -0.922. The third-order valence-corrected chi connectivity index (χ3v) is 1.78. The largest absolute Gasteiger partial charge is 1.00 e. The maximum atomic E-state index is 10.1. The minimum Gasteiger partial charge on any atom is -0.478 e. The number of imidazole rings is 1. The number of benzene rings is 1. The van der Waals surface area contributed by atoms with Crippen LogP contribution in [0.3, 0.4) is 0 Å². The second-order valence-corrected chi connectivity index (χ2v) is 3.16. The summed E-state index contributed by atoms with van der Waals surface area (Å²) in [6.07, 6.45) is 7.78. The summed E-state index contributed by atoms with van der Waals surface area (Å²) in [6, 6.07) is 9.31. The van der Waals surface area contributed by atoms with Gasteiger partial charge in [-0.3, -0.25) is 0 Å². The fourth-order valence-corrected chi connectivity index (χ4v) is 1.02. The first kappa shape index (κ1) is 16.5. The third kappa shape index (κ3) is 7.73. The van der Waals surface area contributed by atoms with Gasteiger partial charge in [-0.2, -0.15) is 0 Å². The molecule has 5 heteroatoms. The van der Waals surface area contributed by atoms with Crippen LogP contribution in [0.5, 0.6) is 0 Å². The second-order valence-electron chi connectivity index (χ2n) is 3.16. The zero-order chi connectivity index (χ0) is 12.5. The molecule has 2 rings (SSSR count). The SMILES string of the molecule is O=C(O)/C=C/c1ccccc1.[CH2-]n1ccnc1.[Na+]. The van der Waals surface area contributed by atoms with Crippen molar-refractivity contribution in [2.75, 3.05) is 0 Å². The van der Waals surface area contributed by atoms with Gasteiger partial charge in [0.15, 0.2) is 0 Å². The van der Waals surface area contributed by atoms with Crippen LogP contribution in [-0.4, -0.2) is 20.6 Å². The Balaban J connectivity index is 0.000000352. The molecule has 0 aliphatic heterocycles. The van der Waals surface area contributed by atoms with Crippen LogP contribution in [0.1, 0.15) is 5.56 Å². The van der Waals surface area contributed by atoms with Crippen molar-refractivity contribution in [2.45, 2.75) is 0 Å². The predicted molar refractivity (Wildman–Crippen MR) is 66.1 cm³/mol. The van der Waals surface area contributed by atoms with Gasteiger partial charge in [0.1, 0.15) is 0 Å². The molecule has 0 saturated carbocycles. The number of carbonyl (C=O) groups is 1. The Kier molecular flexibility index (Phi) is 8.74. The zero-order valence-corrected chi connectivity index (χ0v) is 12.2. The van der Waals surface area contributed by atoms with E-state index < -0.39 is 5.97 Å². The number of carboxylic acid groups (broad SMARTS) is 1. The normalized spacial score (nSPS) is 9.11. The Bertz CT molecular complexity index is 467. The van der Waals surface area contributed by atoms with Gasteiger partial charge in [0.05, 0.1) is 0 Å². The van der Waals surface area contributed by atoms with E-state index in [1.54, 1.807) is 29.4 Å². The maximum Gasteiger partial charge on any atom is 1.00 e. The summed E-state index contributed by atoms with van der Waals surface area (Å²) in [5, 5.41) is 8.29. The number of rotatable bonds is 2. The van der Waals surface area contributed by atoms with Gasteiger partial charge >= 0.3 is 35.5 Å². The first-order chi connectivity index (χ1) is 8.18. The molecule has 1 heterocycles. The van der Waals surface area contributed by atoms with Gasteiger partial charge in [0.25, 0.3) is 0 Å². The molecule has 0 saturated heterocycles. The molecule has 0 spiro atoms. The molecule has 0 atom stereocenters. The second kappa shape index (κ2) is 9.53. The number of nitrogens with zero attached hydrogens (tertiary/aromatic N) is 2. The average molecular weight is 252 g/mol. The molecule has 2 aromatic rings. The minimum atomic E-state index is -0.922. The zero-order valence-electron chi connectivity index (χ0n) is 10.2. The van der Waals surface area contributed by atoms with Crippen LogP contribution >= 0.6 is 0 Å². The summed E-state index contributed by atoms with van der Waals surface area (Å²) in [6.45, 7) is 0. The van der Waals surface area contributed by atoms with Gasteiger partial charge in [0.2, 0.25) is 0 Å². The quantitative estimate of drug-likeness (QED) is 0.437. The molecule has 0 amide bonds. The van der Waals surface area contributed by atoms with Crippen LogP contribution < -0.4 is 29.6 Å².